The minimum atomic E-state index is -0.838. The zero-order chi connectivity index (χ0) is 19.1. The molecule has 4 heteroatoms. The van der Waals surface area contributed by atoms with E-state index in [4.69, 9.17) is 0 Å². The number of nitrogens with zero attached hydrogens (tertiary/aromatic N) is 1. The first-order chi connectivity index (χ1) is 13.7. The second-order valence-corrected chi connectivity index (χ2v) is 9.87. The topological polar surface area (TPSA) is 52.6 Å². The lowest BCUT2D eigenvalue weighted by molar-refractivity contribution is -0.0382. The summed E-state index contributed by atoms with van der Waals surface area (Å²) in [6, 6.07) is 9.96. The molecule has 0 radical (unpaired) electrons. The Morgan fingerprint density at radius 3 is 2.18 bits per heavy atom. The van der Waals surface area contributed by atoms with Gasteiger partial charge in [0.1, 0.15) is 0 Å². The number of piperidine rings is 2. The van der Waals surface area contributed by atoms with Crippen molar-refractivity contribution in [2.75, 3.05) is 5.32 Å². The number of rotatable bonds is 4. The number of fused-ring (bicyclic) bond motifs is 4. The smallest absolute Gasteiger partial charge is 0.337 e. The maximum Gasteiger partial charge on any atom is 0.337 e. The van der Waals surface area contributed by atoms with Gasteiger partial charge < -0.3 is 10.4 Å². The minimum Gasteiger partial charge on any atom is -0.478 e. The highest BCUT2D eigenvalue weighted by atomic mass is 16.4. The van der Waals surface area contributed by atoms with Crippen molar-refractivity contribution in [3.8, 4) is 0 Å². The van der Waals surface area contributed by atoms with Gasteiger partial charge in [0.15, 0.2) is 0 Å². The van der Waals surface area contributed by atoms with Crippen LogP contribution in [0.5, 0.6) is 0 Å². The molecule has 2 N–H and O–H groups in total. The molecule has 2 aliphatic carbocycles. The first-order valence-corrected chi connectivity index (χ1v) is 11.5. The van der Waals surface area contributed by atoms with E-state index in [9.17, 15) is 9.90 Å². The highest BCUT2D eigenvalue weighted by molar-refractivity contribution is 5.94. The number of benzene rings is 1. The van der Waals surface area contributed by atoms with Gasteiger partial charge in [-0.15, -0.1) is 0 Å². The van der Waals surface area contributed by atoms with E-state index in [-0.39, 0.29) is 0 Å². The number of nitrogens with one attached hydrogen (secondary N) is 1. The summed E-state index contributed by atoms with van der Waals surface area (Å²) in [5, 5.41) is 13.1. The van der Waals surface area contributed by atoms with Crippen molar-refractivity contribution in [2.45, 2.75) is 94.8 Å². The van der Waals surface area contributed by atoms with Crippen molar-refractivity contribution >= 4 is 11.7 Å². The fourth-order valence-corrected chi connectivity index (χ4v) is 7.09. The van der Waals surface area contributed by atoms with Crippen molar-refractivity contribution in [3.63, 3.8) is 0 Å². The first-order valence-electron chi connectivity index (χ1n) is 11.5. The number of anilines is 1. The lowest BCUT2D eigenvalue weighted by Crippen LogP contribution is -2.60. The molecule has 0 aromatic heterocycles. The number of carbonyl (C=O) groups is 1. The Balaban J connectivity index is 1.30. The van der Waals surface area contributed by atoms with Crippen molar-refractivity contribution in [2.24, 2.45) is 11.8 Å². The fourth-order valence-electron chi connectivity index (χ4n) is 7.09. The summed E-state index contributed by atoms with van der Waals surface area (Å²) in [4.78, 5) is 14.5. The zero-order valence-corrected chi connectivity index (χ0v) is 16.9. The molecule has 2 heterocycles. The summed E-state index contributed by atoms with van der Waals surface area (Å²) in [6.45, 7) is 0. The summed E-state index contributed by atoms with van der Waals surface area (Å²) >= 11 is 0. The summed E-state index contributed by atoms with van der Waals surface area (Å²) in [7, 11) is 0. The lowest BCUT2D eigenvalue weighted by atomic mass is 9.68. The average Bonchev–Trinajstić information content (AvgIpc) is 2.67. The number of hydrogen-bond acceptors (Lipinski definition) is 3. The van der Waals surface area contributed by atoms with Gasteiger partial charge in [-0.1, -0.05) is 37.8 Å². The van der Waals surface area contributed by atoms with Gasteiger partial charge >= 0.3 is 5.97 Å². The molecule has 2 unspecified atom stereocenters. The molecule has 4 bridgehead atoms. The molecular weight excluding hydrogens is 348 g/mol. The van der Waals surface area contributed by atoms with Crippen LogP contribution in [0.15, 0.2) is 24.3 Å². The van der Waals surface area contributed by atoms with Gasteiger partial charge in [-0.25, -0.2) is 4.79 Å². The molecule has 1 aromatic carbocycles. The molecule has 2 aliphatic heterocycles. The quantitative estimate of drug-likeness (QED) is 0.756. The normalized spacial score (nSPS) is 38.0. The molecule has 0 amide bonds. The van der Waals surface area contributed by atoms with Gasteiger partial charge in [0.2, 0.25) is 0 Å². The van der Waals surface area contributed by atoms with E-state index in [1.807, 2.05) is 18.2 Å². The molecule has 4 fully saturated rings. The molecule has 152 valence electrons. The highest BCUT2D eigenvalue weighted by Crippen LogP contribution is 2.46. The molecule has 4 nitrogen and oxygen atoms in total. The summed E-state index contributed by atoms with van der Waals surface area (Å²) < 4.78 is 0. The standard InChI is InChI=1S/C24H34N2O2/c27-24(28)22-9-1-2-10-23(22)25-18-14-19-7-4-8-20(15-18)26(19)21-12-16-5-3-6-17(11-16)13-21/h1-2,9-10,16-21,25H,3-8,11-15H2,(H,27,28)/t16?,17?,18-,19+,20-,21?. The van der Waals surface area contributed by atoms with E-state index in [1.165, 1.54) is 57.8 Å². The van der Waals surface area contributed by atoms with Crippen LogP contribution in [-0.2, 0) is 0 Å². The molecule has 0 spiro atoms. The number of aromatic carboxylic acids is 1. The number of hydrogen-bond donors (Lipinski definition) is 2. The first kappa shape index (κ1) is 18.5. The maximum absolute atomic E-state index is 11.6. The Labute approximate surface area is 168 Å². The van der Waals surface area contributed by atoms with E-state index < -0.39 is 5.97 Å². The molecule has 4 aliphatic rings. The Kier molecular flexibility index (Phi) is 5.08. The summed E-state index contributed by atoms with van der Waals surface area (Å²) in [5.74, 6) is 1.13. The van der Waals surface area contributed by atoms with Crippen LogP contribution < -0.4 is 5.32 Å². The largest absolute Gasteiger partial charge is 0.478 e. The van der Waals surface area contributed by atoms with E-state index in [0.29, 0.717) is 23.7 Å². The van der Waals surface area contributed by atoms with Crippen molar-refractivity contribution in [1.29, 1.82) is 0 Å². The molecule has 5 atom stereocenters. The maximum atomic E-state index is 11.6. The summed E-state index contributed by atoms with van der Waals surface area (Å²) in [6.07, 6.45) is 15.1. The van der Waals surface area contributed by atoms with Gasteiger partial charge in [-0.3, -0.25) is 4.90 Å². The van der Waals surface area contributed by atoms with Gasteiger partial charge in [0.25, 0.3) is 0 Å². The van der Waals surface area contributed by atoms with Crippen molar-refractivity contribution in [1.82, 2.24) is 4.90 Å². The van der Waals surface area contributed by atoms with E-state index in [2.05, 4.69) is 10.2 Å². The van der Waals surface area contributed by atoms with Crippen molar-refractivity contribution < 1.29 is 9.90 Å². The highest BCUT2D eigenvalue weighted by Gasteiger charge is 2.44. The van der Waals surface area contributed by atoms with Crippen LogP contribution in [0, 0.1) is 11.8 Å². The van der Waals surface area contributed by atoms with Crippen LogP contribution in [0.2, 0.25) is 0 Å². The zero-order valence-electron chi connectivity index (χ0n) is 16.9. The van der Waals surface area contributed by atoms with Crippen molar-refractivity contribution in [3.05, 3.63) is 29.8 Å². The van der Waals surface area contributed by atoms with Crippen LogP contribution in [0.25, 0.3) is 0 Å². The monoisotopic (exact) mass is 382 g/mol. The SMILES string of the molecule is O=C(O)c1ccccc1N[C@H]1C[C@H]2CCC[C@@H](C1)N2C1CC2CCCC(C2)C1. The van der Waals surface area contributed by atoms with Crippen LogP contribution >= 0.6 is 0 Å². The number of para-hydroxylation sites is 1. The lowest BCUT2D eigenvalue weighted by Gasteiger charge is -2.55. The number of carboxylic acids is 1. The number of carboxylic acid groups (broad SMARTS) is 1. The Morgan fingerprint density at radius 1 is 0.857 bits per heavy atom. The Hall–Kier alpha value is -1.55. The van der Waals surface area contributed by atoms with Crippen LogP contribution in [0.4, 0.5) is 5.69 Å². The summed E-state index contributed by atoms with van der Waals surface area (Å²) in [5.41, 5.74) is 1.19. The van der Waals surface area contributed by atoms with Crippen LogP contribution in [0.1, 0.15) is 81.0 Å². The molecule has 5 rings (SSSR count). The molecular formula is C24H34N2O2. The second-order valence-electron chi connectivity index (χ2n) is 9.87. The van der Waals surface area contributed by atoms with E-state index >= 15 is 0 Å². The van der Waals surface area contributed by atoms with Gasteiger partial charge in [-0.05, 0) is 68.9 Å². The molecule has 2 saturated heterocycles. The molecule has 2 saturated carbocycles. The van der Waals surface area contributed by atoms with E-state index in [0.717, 1.165) is 36.4 Å². The average molecular weight is 383 g/mol. The van der Waals surface area contributed by atoms with Gasteiger partial charge in [0.05, 0.1) is 5.56 Å². The second kappa shape index (κ2) is 7.70. The third kappa shape index (κ3) is 3.56. The predicted molar refractivity (Wildman–Crippen MR) is 112 cm³/mol. The molecule has 1 aromatic rings. The molecule has 28 heavy (non-hydrogen) atoms. The Bertz CT molecular complexity index is 694. The minimum absolute atomic E-state index is 0.398. The Morgan fingerprint density at radius 2 is 1.50 bits per heavy atom. The third-order valence-electron chi connectivity index (χ3n) is 8.07. The van der Waals surface area contributed by atoms with Crippen LogP contribution in [-0.4, -0.2) is 40.1 Å². The third-order valence-corrected chi connectivity index (χ3v) is 8.07. The van der Waals surface area contributed by atoms with Crippen LogP contribution in [0.3, 0.4) is 0 Å². The fraction of sp³-hybridized carbons (Fsp3) is 0.708. The van der Waals surface area contributed by atoms with Gasteiger partial charge in [0, 0.05) is 29.9 Å². The van der Waals surface area contributed by atoms with E-state index in [1.54, 1.807) is 6.07 Å². The predicted octanol–water partition coefficient (Wildman–Crippen LogP) is 5.15. The van der Waals surface area contributed by atoms with Gasteiger partial charge in [-0.2, -0.15) is 0 Å².